The first kappa shape index (κ1) is 25.1. The Morgan fingerprint density at radius 1 is 1.14 bits per heavy atom. The molecule has 7 nitrogen and oxygen atoms in total. The van der Waals surface area contributed by atoms with Gasteiger partial charge in [-0.15, -0.1) is 11.3 Å². The molecule has 0 unspecified atom stereocenters. The first-order valence-corrected chi connectivity index (χ1v) is 13.7. The summed E-state index contributed by atoms with van der Waals surface area (Å²) in [4.78, 5) is 36.6. The second kappa shape index (κ2) is 11.3. The van der Waals surface area contributed by atoms with Crippen LogP contribution in [0.3, 0.4) is 0 Å². The highest BCUT2D eigenvalue weighted by atomic mass is 32.1. The van der Waals surface area contributed by atoms with Crippen molar-refractivity contribution in [2.75, 3.05) is 18.6 Å². The van der Waals surface area contributed by atoms with Gasteiger partial charge < -0.3 is 9.84 Å². The van der Waals surface area contributed by atoms with E-state index in [1.165, 1.54) is 11.3 Å². The lowest BCUT2D eigenvalue weighted by molar-refractivity contribution is -0.142. The standard InChI is InChI=1S/C29H31N3O4S/c1-36-26-14-13-20(17-30-26)22-10-4-5-12-23(22)25-18-37-29(31-25)32-15-7-6-11-21(19-8-2-3-9-19)24(28(32)35)16-27(33)34/h4-7,10,12-14,17-19,21,24H,2-3,8-9,11,15-16H2,1H3,(H,33,34)/t21-,24-/m0/s1. The highest BCUT2D eigenvalue weighted by Crippen LogP contribution is 2.41. The first-order valence-electron chi connectivity index (χ1n) is 12.8. The van der Waals surface area contributed by atoms with Gasteiger partial charge in [-0.1, -0.05) is 62.1 Å². The lowest BCUT2D eigenvalue weighted by Crippen LogP contribution is -2.43. The van der Waals surface area contributed by atoms with E-state index in [-0.39, 0.29) is 18.2 Å². The number of benzene rings is 1. The number of carboxylic acids is 1. The SMILES string of the molecule is COc1ccc(-c2ccccc2-c2csc(N3CC=CC[C@@H](C4CCCC4)[C@H](CC(=O)O)C3=O)n2)cn1. The molecule has 3 heterocycles. The largest absolute Gasteiger partial charge is 0.481 e. The fourth-order valence-corrected chi connectivity index (χ4v) is 6.55. The number of allylic oxidation sites excluding steroid dienone is 1. The van der Waals surface area contributed by atoms with Gasteiger partial charge in [-0.25, -0.2) is 9.97 Å². The molecule has 3 aromatic rings. The van der Waals surface area contributed by atoms with E-state index in [9.17, 15) is 14.7 Å². The molecule has 37 heavy (non-hydrogen) atoms. The molecular weight excluding hydrogens is 486 g/mol. The van der Waals surface area contributed by atoms with Gasteiger partial charge >= 0.3 is 5.97 Å². The topological polar surface area (TPSA) is 92.6 Å². The maximum atomic E-state index is 13.9. The number of aliphatic carboxylic acids is 1. The zero-order valence-corrected chi connectivity index (χ0v) is 21.7. The number of pyridine rings is 1. The number of hydrogen-bond acceptors (Lipinski definition) is 6. The third kappa shape index (κ3) is 5.44. The average Bonchev–Trinajstić information content (AvgIpc) is 3.62. The van der Waals surface area contributed by atoms with E-state index in [0.29, 0.717) is 23.5 Å². The zero-order chi connectivity index (χ0) is 25.8. The summed E-state index contributed by atoms with van der Waals surface area (Å²) in [5.41, 5.74) is 3.64. The van der Waals surface area contributed by atoms with E-state index in [0.717, 1.165) is 54.5 Å². The molecule has 2 aromatic heterocycles. The van der Waals surface area contributed by atoms with E-state index in [1.54, 1.807) is 18.2 Å². The lowest BCUT2D eigenvalue weighted by Gasteiger charge is -2.34. The maximum Gasteiger partial charge on any atom is 0.304 e. The minimum Gasteiger partial charge on any atom is -0.481 e. The van der Waals surface area contributed by atoms with Crippen molar-refractivity contribution >= 4 is 28.3 Å². The summed E-state index contributed by atoms with van der Waals surface area (Å²) in [6.45, 7) is 0.392. The second-order valence-corrected chi connectivity index (χ2v) is 10.6. The summed E-state index contributed by atoms with van der Waals surface area (Å²) in [5, 5.41) is 12.2. The number of anilines is 1. The number of nitrogens with zero attached hydrogens (tertiary/aromatic N) is 3. The lowest BCUT2D eigenvalue weighted by atomic mass is 9.75. The minimum absolute atomic E-state index is 0.0490. The molecule has 1 aromatic carbocycles. The van der Waals surface area contributed by atoms with Crippen LogP contribution in [0.15, 0.2) is 60.1 Å². The number of ether oxygens (including phenoxy) is 1. The number of hydrogen-bond donors (Lipinski definition) is 1. The minimum atomic E-state index is -0.923. The molecule has 2 aliphatic rings. The van der Waals surface area contributed by atoms with Gasteiger partial charge in [0.25, 0.3) is 0 Å². The number of methoxy groups -OCH3 is 1. The van der Waals surface area contributed by atoms with Crippen molar-refractivity contribution < 1.29 is 19.4 Å². The van der Waals surface area contributed by atoms with Crippen LogP contribution in [0.1, 0.15) is 38.5 Å². The summed E-state index contributed by atoms with van der Waals surface area (Å²) in [7, 11) is 1.59. The molecule has 0 bridgehead atoms. The van der Waals surface area contributed by atoms with Gasteiger partial charge in [0, 0.05) is 35.3 Å². The molecule has 2 atom stereocenters. The van der Waals surface area contributed by atoms with E-state index in [4.69, 9.17) is 9.72 Å². The van der Waals surface area contributed by atoms with Crippen molar-refractivity contribution in [2.45, 2.75) is 38.5 Å². The molecule has 0 spiro atoms. The molecule has 192 valence electrons. The molecule has 1 fully saturated rings. The number of carbonyl (C=O) groups is 2. The highest BCUT2D eigenvalue weighted by Gasteiger charge is 2.39. The van der Waals surface area contributed by atoms with Gasteiger partial charge in [-0.3, -0.25) is 14.5 Å². The van der Waals surface area contributed by atoms with Crippen molar-refractivity contribution in [3.8, 4) is 28.3 Å². The van der Waals surface area contributed by atoms with Crippen LogP contribution in [0, 0.1) is 17.8 Å². The Morgan fingerprint density at radius 3 is 2.62 bits per heavy atom. The number of carboxylic acid groups (broad SMARTS) is 1. The molecule has 1 aliphatic carbocycles. The van der Waals surface area contributed by atoms with Gasteiger partial charge in [0.05, 0.1) is 25.1 Å². The average molecular weight is 518 g/mol. The highest BCUT2D eigenvalue weighted by molar-refractivity contribution is 7.14. The van der Waals surface area contributed by atoms with Crippen LogP contribution in [0.4, 0.5) is 5.13 Å². The second-order valence-electron chi connectivity index (χ2n) is 9.72. The van der Waals surface area contributed by atoms with Crippen molar-refractivity contribution in [3.63, 3.8) is 0 Å². The third-order valence-electron chi connectivity index (χ3n) is 7.55. The predicted octanol–water partition coefficient (Wildman–Crippen LogP) is 6.07. The molecule has 1 N–H and O–H groups in total. The number of amides is 1. The molecule has 0 radical (unpaired) electrons. The van der Waals surface area contributed by atoms with Crippen LogP contribution < -0.4 is 9.64 Å². The molecule has 8 heteroatoms. The normalized spacial score (nSPS) is 20.6. The van der Waals surface area contributed by atoms with E-state index >= 15 is 0 Å². The van der Waals surface area contributed by atoms with Crippen molar-refractivity contribution in [1.82, 2.24) is 9.97 Å². The molecular formula is C29H31N3O4S. The van der Waals surface area contributed by atoms with E-state index < -0.39 is 11.9 Å². The van der Waals surface area contributed by atoms with Crippen molar-refractivity contribution in [2.24, 2.45) is 17.8 Å². The molecule has 5 rings (SSSR count). The molecule has 0 saturated heterocycles. The third-order valence-corrected chi connectivity index (χ3v) is 8.41. The van der Waals surface area contributed by atoms with Crippen LogP contribution >= 0.6 is 11.3 Å². The molecule has 1 amide bonds. The summed E-state index contributed by atoms with van der Waals surface area (Å²) in [6, 6.07) is 11.8. The van der Waals surface area contributed by atoms with Gasteiger partial charge in [-0.2, -0.15) is 0 Å². The first-order chi connectivity index (χ1) is 18.0. The van der Waals surface area contributed by atoms with E-state index in [1.807, 2.05) is 47.9 Å². The van der Waals surface area contributed by atoms with Crippen LogP contribution in [-0.2, 0) is 9.59 Å². The van der Waals surface area contributed by atoms with Crippen molar-refractivity contribution in [1.29, 1.82) is 0 Å². The van der Waals surface area contributed by atoms with Crippen LogP contribution in [0.2, 0.25) is 0 Å². The molecule has 1 aliphatic heterocycles. The summed E-state index contributed by atoms with van der Waals surface area (Å²) in [6.07, 6.45) is 11.0. The quantitative estimate of drug-likeness (QED) is 0.382. The zero-order valence-electron chi connectivity index (χ0n) is 20.9. The Balaban J connectivity index is 1.46. The Morgan fingerprint density at radius 2 is 1.92 bits per heavy atom. The number of aromatic nitrogens is 2. The monoisotopic (exact) mass is 517 g/mol. The van der Waals surface area contributed by atoms with Gasteiger partial charge in [0.2, 0.25) is 11.8 Å². The Kier molecular flexibility index (Phi) is 7.65. The van der Waals surface area contributed by atoms with Crippen molar-refractivity contribution in [3.05, 3.63) is 60.1 Å². The number of thiazole rings is 1. The summed E-state index contributed by atoms with van der Waals surface area (Å²) in [5.74, 6) is -0.601. The predicted molar refractivity (Wildman–Crippen MR) is 145 cm³/mol. The fraction of sp³-hybridized carbons (Fsp3) is 0.379. The summed E-state index contributed by atoms with van der Waals surface area (Å²) >= 11 is 1.41. The molecule has 1 saturated carbocycles. The van der Waals surface area contributed by atoms with Gasteiger partial charge in [0.1, 0.15) is 0 Å². The van der Waals surface area contributed by atoms with Crippen LogP contribution in [0.5, 0.6) is 5.88 Å². The van der Waals surface area contributed by atoms with Crippen LogP contribution in [-0.4, -0.2) is 40.6 Å². The summed E-state index contributed by atoms with van der Waals surface area (Å²) < 4.78 is 5.19. The Hall–Kier alpha value is -3.52. The van der Waals surface area contributed by atoms with Gasteiger partial charge in [0.15, 0.2) is 5.13 Å². The van der Waals surface area contributed by atoms with Gasteiger partial charge in [-0.05, 0) is 29.9 Å². The Labute approximate surface area is 220 Å². The Bertz CT molecular complexity index is 1280. The smallest absolute Gasteiger partial charge is 0.304 e. The van der Waals surface area contributed by atoms with E-state index in [2.05, 4.69) is 11.1 Å². The number of carbonyl (C=O) groups excluding carboxylic acids is 1. The fourth-order valence-electron chi connectivity index (χ4n) is 5.71. The number of rotatable bonds is 7. The van der Waals surface area contributed by atoms with Crippen LogP contribution in [0.25, 0.3) is 22.4 Å². The maximum absolute atomic E-state index is 13.9.